The molecule has 4 rings (SSSR count). The van der Waals surface area contributed by atoms with Crippen molar-refractivity contribution in [3.8, 4) is 0 Å². The summed E-state index contributed by atoms with van der Waals surface area (Å²) in [4.78, 5) is 0. The van der Waals surface area contributed by atoms with Crippen LogP contribution in [0.25, 0.3) is 0 Å². The molecule has 0 spiro atoms. The Balaban J connectivity index is 0.000000325. The number of benzene rings is 2. The zero-order chi connectivity index (χ0) is 16.6. The summed E-state index contributed by atoms with van der Waals surface area (Å²) in [5, 5.41) is 4.15. The molecule has 0 bridgehead atoms. The van der Waals surface area contributed by atoms with Gasteiger partial charge in [0, 0.05) is 17.1 Å². The van der Waals surface area contributed by atoms with E-state index in [9.17, 15) is 0 Å². The summed E-state index contributed by atoms with van der Waals surface area (Å²) in [6.45, 7) is 0. The van der Waals surface area contributed by atoms with Gasteiger partial charge >= 0.3 is 0 Å². The molecule has 0 heterocycles. The molecular weight excluding hydrogens is 431 g/mol. The Morgan fingerprint density at radius 1 is 0.640 bits per heavy atom. The average Bonchev–Trinajstić information content (AvgIpc) is 3.33. The number of halogens is 1. The molecule has 4 aromatic carbocycles. The predicted molar refractivity (Wildman–Crippen MR) is 110 cm³/mol. The van der Waals surface area contributed by atoms with Crippen LogP contribution in [-0.4, -0.2) is 0 Å². The van der Waals surface area contributed by atoms with Gasteiger partial charge in [0.25, 0.3) is 0 Å². The van der Waals surface area contributed by atoms with Gasteiger partial charge < -0.3 is 30.3 Å². The van der Waals surface area contributed by atoms with E-state index in [2.05, 4.69) is 94.8 Å². The summed E-state index contributed by atoms with van der Waals surface area (Å²) in [5.74, 6) is 0. The van der Waals surface area contributed by atoms with Crippen molar-refractivity contribution in [2.75, 3.05) is 0 Å². The topological polar surface area (TPSA) is 0 Å². The second-order valence-corrected chi connectivity index (χ2v) is 8.27. The Morgan fingerprint density at radius 3 is 1.44 bits per heavy atom. The normalized spacial score (nSPS) is 9.84. The van der Waals surface area contributed by atoms with E-state index < -0.39 is 7.92 Å². The summed E-state index contributed by atoms with van der Waals surface area (Å²) in [7, 11) is -0.477. The largest absolute Gasteiger partial charge is 0.748 e. The summed E-state index contributed by atoms with van der Waals surface area (Å²) in [6.07, 6.45) is 0. The van der Waals surface area contributed by atoms with Crippen LogP contribution in [0.2, 0.25) is 0 Å². The van der Waals surface area contributed by atoms with Crippen molar-refractivity contribution in [3.63, 3.8) is 0 Å². The fourth-order valence-electron chi connectivity index (χ4n) is 2.47. The fourth-order valence-corrected chi connectivity index (χ4v) is 5.61. The third-order valence-corrected chi connectivity index (χ3v) is 7.07. The molecule has 0 aliphatic heterocycles. The molecule has 0 fully saturated rings. The van der Waals surface area contributed by atoms with Crippen molar-refractivity contribution in [1.29, 1.82) is 0 Å². The van der Waals surface area contributed by atoms with Crippen LogP contribution in [0, 0.1) is 0 Å². The summed E-state index contributed by atoms with van der Waals surface area (Å²) in [5.41, 5.74) is 0. The first kappa shape index (κ1) is 19.9. The van der Waals surface area contributed by atoms with Crippen molar-refractivity contribution in [1.82, 2.24) is 0 Å². The minimum Gasteiger partial charge on any atom is -0.748 e. The second-order valence-electron chi connectivity index (χ2n) is 5.23. The van der Waals surface area contributed by atoms with E-state index >= 15 is 0 Å². The maximum Gasteiger partial charge on any atom is 0 e. The van der Waals surface area contributed by atoms with E-state index in [0.717, 1.165) is 0 Å². The Morgan fingerprint density at radius 2 is 1.08 bits per heavy atom. The zero-order valence-corrected chi connectivity index (χ0v) is 17.2. The van der Waals surface area contributed by atoms with Gasteiger partial charge in [0.05, 0.1) is 0 Å². The van der Waals surface area contributed by atoms with Gasteiger partial charge in [-0.1, -0.05) is 65.1 Å². The van der Waals surface area contributed by atoms with Gasteiger partial charge in [-0.3, -0.25) is 0 Å². The van der Waals surface area contributed by atoms with Crippen molar-refractivity contribution < 1.29 is 17.1 Å². The molecule has 0 radical (unpaired) electrons. The van der Waals surface area contributed by atoms with Crippen molar-refractivity contribution in [2.45, 2.75) is 0 Å². The SMILES string of the molecule is Br[c-]1cccc1P(c1ccccc1)c1ccccc1.[Fe].[cH-]1[cH-][cH-][cH-][cH-]1. The van der Waals surface area contributed by atoms with Crippen LogP contribution >= 0.6 is 23.9 Å². The van der Waals surface area contributed by atoms with Gasteiger partial charge in [-0.25, -0.2) is 12.1 Å². The first-order chi connectivity index (χ1) is 11.9. The van der Waals surface area contributed by atoms with Crippen LogP contribution in [0.15, 0.2) is 114 Å². The Kier molecular flexibility index (Phi) is 8.38. The van der Waals surface area contributed by atoms with Crippen LogP contribution in [0.1, 0.15) is 0 Å². The molecule has 25 heavy (non-hydrogen) atoms. The molecule has 0 aromatic heterocycles. The standard InChI is InChI=1S/C17H13BrP.C5H5.Fe/c18-16-12-7-13-17(16)19(14-8-3-1-4-9-14)15-10-5-2-6-11-15;1-2-4-5-3-1;/h1-13H;1-5H;/q-1;-5;. The maximum absolute atomic E-state index is 3.68. The second kappa shape index (κ2) is 10.5. The third-order valence-electron chi connectivity index (χ3n) is 3.57. The van der Waals surface area contributed by atoms with Crippen LogP contribution in [0.5, 0.6) is 0 Å². The first-order valence-corrected chi connectivity index (χ1v) is 9.98. The Hall–Kier alpha value is -1.43. The van der Waals surface area contributed by atoms with Gasteiger partial charge in [0.2, 0.25) is 0 Å². The molecule has 4 aromatic rings. The van der Waals surface area contributed by atoms with Crippen molar-refractivity contribution in [2.24, 2.45) is 0 Å². The molecule has 0 N–H and O–H groups in total. The Labute approximate surface area is 170 Å². The molecule has 132 valence electrons. The smallest absolute Gasteiger partial charge is 0 e. The van der Waals surface area contributed by atoms with Gasteiger partial charge in [-0.2, -0.15) is 6.07 Å². The van der Waals surface area contributed by atoms with E-state index in [-0.39, 0.29) is 17.1 Å². The van der Waals surface area contributed by atoms with Crippen LogP contribution in [0.3, 0.4) is 0 Å². The van der Waals surface area contributed by atoms with Crippen molar-refractivity contribution >= 4 is 39.8 Å². The summed E-state index contributed by atoms with van der Waals surface area (Å²) < 4.78 is 1.20. The van der Waals surface area contributed by atoms with Crippen LogP contribution in [-0.2, 0) is 17.1 Å². The molecule has 0 atom stereocenters. The van der Waals surface area contributed by atoms with Gasteiger partial charge in [0.1, 0.15) is 0 Å². The quantitative estimate of drug-likeness (QED) is 0.226. The summed E-state index contributed by atoms with van der Waals surface area (Å²) >= 11 is 3.68. The van der Waals surface area contributed by atoms with Gasteiger partial charge in [0.15, 0.2) is 0 Å². The Bertz CT molecular complexity index is 766. The minimum atomic E-state index is -0.477. The molecule has 0 unspecified atom stereocenters. The number of rotatable bonds is 3. The third kappa shape index (κ3) is 5.53. The van der Waals surface area contributed by atoms with E-state index in [1.165, 1.54) is 20.4 Å². The molecule has 0 aliphatic rings. The maximum atomic E-state index is 3.68. The van der Waals surface area contributed by atoms with Crippen LogP contribution < -0.4 is 15.9 Å². The number of hydrogen-bond donors (Lipinski definition) is 0. The van der Waals surface area contributed by atoms with E-state index in [1.54, 1.807) is 0 Å². The van der Waals surface area contributed by atoms with Gasteiger partial charge in [-0.05, 0) is 18.5 Å². The minimum absolute atomic E-state index is 0. The molecule has 0 saturated carbocycles. The average molecular weight is 449 g/mol. The predicted octanol–water partition coefficient (Wildman–Crippen LogP) is 5.33. The van der Waals surface area contributed by atoms with E-state index in [0.29, 0.717) is 0 Å². The molecule has 0 aliphatic carbocycles. The molecule has 0 saturated heterocycles. The molecular formula is C22H18BrFeP-6. The van der Waals surface area contributed by atoms with E-state index in [4.69, 9.17) is 0 Å². The summed E-state index contributed by atoms with van der Waals surface area (Å²) in [6, 6.07) is 37.9. The van der Waals surface area contributed by atoms with Crippen LogP contribution in [0.4, 0.5) is 0 Å². The van der Waals surface area contributed by atoms with Gasteiger partial charge in [-0.15, -0.1) is 21.2 Å². The molecule has 0 nitrogen and oxygen atoms in total. The number of hydrogen-bond acceptors (Lipinski definition) is 0. The molecule has 3 heteroatoms. The van der Waals surface area contributed by atoms with Crippen molar-refractivity contribution in [3.05, 3.63) is 114 Å². The molecule has 0 amide bonds. The first-order valence-electron chi connectivity index (χ1n) is 7.84. The monoisotopic (exact) mass is 448 g/mol. The zero-order valence-electron chi connectivity index (χ0n) is 13.6. The fraction of sp³-hybridized carbons (Fsp3) is 0. The van der Waals surface area contributed by atoms with E-state index in [1.807, 2.05) is 30.3 Å².